The van der Waals surface area contributed by atoms with Crippen molar-refractivity contribution in [2.45, 2.75) is 5.66 Å². The van der Waals surface area contributed by atoms with Crippen molar-refractivity contribution in [3.05, 3.63) is 127 Å². The molecule has 13 rings (SSSR count). The SMILES string of the molecule is c1ccc2c(c1)c1ccc3c4c1n1c2c2ccccc2[n+]1C41c2c(ccc4c5cnccc5c5c6ccccc6[n+]1n5c24)O3. The summed E-state index contributed by atoms with van der Waals surface area (Å²) in [5, 5.41) is 9.78. The third kappa shape index (κ3) is 1.81. The van der Waals surface area contributed by atoms with Crippen molar-refractivity contribution in [2.75, 3.05) is 0 Å². The van der Waals surface area contributed by atoms with E-state index in [9.17, 15) is 0 Å². The van der Waals surface area contributed by atoms with Crippen molar-refractivity contribution in [3.63, 3.8) is 0 Å². The molecule has 0 radical (unpaired) electrons. The first-order chi connectivity index (χ1) is 21.9. The summed E-state index contributed by atoms with van der Waals surface area (Å²) >= 11 is 0. The molecule has 1 spiro atoms. The summed E-state index contributed by atoms with van der Waals surface area (Å²) < 4.78 is 17.1. The monoisotopic (exact) mass is 561 g/mol. The molecule has 0 saturated heterocycles. The highest BCUT2D eigenvalue weighted by atomic mass is 16.5. The van der Waals surface area contributed by atoms with E-state index in [-0.39, 0.29) is 0 Å². The lowest BCUT2D eigenvalue weighted by atomic mass is 9.84. The normalized spacial score (nSPS) is 17.4. The number of rotatable bonds is 0. The van der Waals surface area contributed by atoms with Crippen molar-refractivity contribution in [1.82, 2.24) is 14.0 Å². The third-order valence-corrected chi connectivity index (χ3v) is 10.7. The Labute approximate surface area is 247 Å². The van der Waals surface area contributed by atoms with Crippen molar-refractivity contribution in [3.8, 4) is 11.5 Å². The maximum absolute atomic E-state index is 6.92. The van der Waals surface area contributed by atoms with E-state index in [1.165, 1.54) is 81.9 Å². The van der Waals surface area contributed by atoms with E-state index in [1.54, 1.807) is 0 Å². The Bertz CT molecular complexity index is 2880. The molecule has 8 heterocycles. The van der Waals surface area contributed by atoms with Gasteiger partial charge in [-0.25, -0.2) is 0 Å². The molecular formula is C38H19N5O+2. The Morgan fingerprint density at radius 1 is 0.477 bits per heavy atom. The highest BCUT2D eigenvalue weighted by molar-refractivity contribution is 6.21. The summed E-state index contributed by atoms with van der Waals surface area (Å²) in [5.74, 6) is 1.81. The minimum Gasteiger partial charge on any atom is -0.455 e. The molecule has 6 heteroatoms. The van der Waals surface area contributed by atoms with Crippen LogP contribution in [-0.4, -0.2) is 14.0 Å². The predicted octanol–water partition coefficient (Wildman–Crippen LogP) is 7.11. The van der Waals surface area contributed by atoms with E-state index in [1.807, 2.05) is 12.4 Å². The lowest BCUT2D eigenvalue weighted by molar-refractivity contribution is -0.992. The van der Waals surface area contributed by atoms with Crippen LogP contribution in [0.25, 0.3) is 76.2 Å². The first-order valence-electron chi connectivity index (χ1n) is 15.1. The topological polar surface area (TPSA) is 38.7 Å². The first kappa shape index (κ1) is 20.8. The molecule has 6 nitrogen and oxygen atoms in total. The van der Waals surface area contributed by atoms with Gasteiger partial charge in [0.15, 0.2) is 11.1 Å². The Balaban J connectivity index is 1.45. The van der Waals surface area contributed by atoms with Gasteiger partial charge >= 0.3 is 5.66 Å². The van der Waals surface area contributed by atoms with Gasteiger partial charge in [-0.15, -0.1) is 9.03 Å². The van der Waals surface area contributed by atoms with E-state index < -0.39 is 5.66 Å². The van der Waals surface area contributed by atoms with E-state index in [2.05, 4.69) is 127 Å². The fourth-order valence-electron chi connectivity index (χ4n) is 9.30. The van der Waals surface area contributed by atoms with Gasteiger partial charge in [0.05, 0.1) is 10.8 Å². The standard InChI is InChI=1S/C38H19N5O/c1-2-8-21-20(7-1)22-13-15-30-32-36(22)40-34(21)25-9-3-5-11-28(25)42(40)38(32)33-31(44-30)16-14-23-27-19-39-18-17-24(27)35-26-10-4-6-12-29(26)43(38)41(35)37(23)33/h1-19H/q+2. The van der Waals surface area contributed by atoms with Crippen LogP contribution >= 0.6 is 0 Å². The van der Waals surface area contributed by atoms with E-state index in [0.29, 0.717) is 0 Å². The van der Waals surface area contributed by atoms with Gasteiger partial charge < -0.3 is 4.74 Å². The number of hydrogen-bond acceptors (Lipinski definition) is 2. The third-order valence-electron chi connectivity index (χ3n) is 10.7. The van der Waals surface area contributed by atoms with Crippen LogP contribution in [0, 0.1) is 0 Å². The Hall–Kier alpha value is -6.01. The van der Waals surface area contributed by atoms with Crippen LogP contribution in [-0.2, 0) is 5.66 Å². The summed E-state index contributed by atoms with van der Waals surface area (Å²) in [6, 6.07) is 37.7. The molecular weight excluding hydrogens is 542 g/mol. The number of nitrogens with zero attached hydrogens (tertiary/aromatic N) is 5. The molecule has 0 aliphatic carbocycles. The van der Waals surface area contributed by atoms with Crippen molar-refractivity contribution in [2.24, 2.45) is 0 Å². The molecule has 0 fully saturated rings. The predicted molar refractivity (Wildman–Crippen MR) is 170 cm³/mol. The van der Waals surface area contributed by atoms with Crippen molar-refractivity contribution < 1.29 is 14.1 Å². The fraction of sp³-hybridized carbons (Fsp3) is 0.0263. The maximum Gasteiger partial charge on any atom is 0.470 e. The summed E-state index contributed by atoms with van der Waals surface area (Å²) in [7, 11) is 0. The summed E-state index contributed by atoms with van der Waals surface area (Å²) in [6.07, 6.45) is 3.94. The number of aromatic nitrogens is 5. The molecule has 1 unspecified atom stereocenters. The minimum absolute atomic E-state index is 0.715. The molecule has 3 aliphatic rings. The van der Waals surface area contributed by atoms with Crippen molar-refractivity contribution >= 4 is 76.2 Å². The smallest absolute Gasteiger partial charge is 0.455 e. The van der Waals surface area contributed by atoms with Crippen LogP contribution < -0.4 is 14.1 Å². The molecule has 0 N–H and O–H groups in total. The van der Waals surface area contributed by atoms with Gasteiger partial charge in [0.25, 0.3) is 0 Å². The van der Waals surface area contributed by atoms with Gasteiger partial charge in [0.2, 0.25) is 11.0 Å². The average Bonchev–Trinajstić information content (AvgIpc) is 3.79. The Kier molecular flexibility index (Phi) is 2.99. The zero-order valence-electron chi connectivity index (χ0n) is 23.1. The molecule has 1 atom stereocenters. The lowest BCUT2D eigenvalue weighted by Crippen LogP contribution is -2.74. The number of para-hydroxylation sites is 2. The van der Waals surface area contributed by atoms with Gasteiger partial charge in [0.1, 0.15) is 33.6 Å². The van der Waals surface area contributed by atoms with Gasteiger partial charge in [-0.3, -0.25) is 4.98 Å². The first-order valence-corrected chi connectivity index (χ1v) is 15.1. The number of pyridine rings is 3. The van der Waals surface area contributed by atoms with Crippen LogP contribution in [0.2, 0.25) is 0 Å². The molecule has 0 saturated carbocycles. The zero-order valence-corrected chi connectivity index (χ0v) is 23.1. The molecule has 10 aromatic rings. The van der Waals surface area contributed by atoms with Gasteiger partial charge in [-0.05, 0) is 57.2 Å². The lowest BCUT2D eigenvalue weighted by Gasteiger charge is -2.24. The highest BCUT2D eigenvalue weighted by Gasteiger charge is 2.73. The second-order valence-electron chi connectivity index (χ2n) is 12.4. The molecule has 5 aromatic carbocycles. The maximum atomic E-state index is 6.92. The number of benzene rings is 5. The largest absolute Gasteiger partial charge is 0.470 e. The van der Waals surface area contributed by atoms with E-state index in [0.717, 1.165) is 16.9 Å². The Morgan fingerprint density at radius 2 is 0.977 bits per heavy atom. The van der Waals surface area contributed by atoms with Gasteiger partial charge in [-0.1, -0.05) is 48.5 Å². The molecule has 44 heavy (non-hydrogen) atoms. The second kappa shape index (κ2) is 6.33. The van der Waals surface area contributed by atoms with Gasteiger partial charge in [-0.2, -0.15) is 0 Å². The molecule has 0 bridgehead atoms. The fourth-order valence-corrected chi connectivity index (χ4v) is 9.30. The quantitative estimate of drug-likeness (QED) is 0.146. The van der Waals surface area contributed by atoms with Crippen LogP contribution in [0.5, 0.6) is 11.5 Å². The highest BCUT2D eigenvalue weighted by Crippen LogP contribution is 2.57. The zero-order chi connectivity index (χ0) is 28.1. The Morgan fingerprint density at radius 3 is 1.61 bits per heavy atom. The van der Waals surface area contributed by atoms with Crippen LogP contribution in [0.15, 0.2) is 116 Å². The summed E-state index contributed by atoms with van der Waals surface area (Å²) in [6.45, 7) is 0. The van der Waals surface area contributed by atoms with E-state index >= 15 is 0 Å². The van der Waals surface area contributed by atoms with E-state index in [4.69, 9.17) is 4.74 Å². The molecule has 5 aromatic heterocycles. The number of fused-ring (bicyclic) bond motifs is 12. The summed E-state index contributed by atoms with van der Waals surface area (Å²) in [5.41, 5.74) is 8.88. The second-order valence-corrected chi connectivity index (χ2v) is 12.4. The molecule has 0 amide bonds. The van der Waals surface area contributed by atoms with Crippen LogP contribution in [0.3, 0.4) is 0 Å². The van der Waals surface area contributed by atoms with Crippen molar-refractivity contribution in [1.29, 1.82) is 0 Å². The number of hydrogen-bond donors (Lipinski definition) is 0. The van der Waals surface area contributed by atoms with Crippen LogP contribution in [0.1, 0.15) is 11.1 Å². The molecule has 3 aliphatic heterocycles. The average molecular weight is 562 g/mol. The molecule has 200 valence electrons. The summed E-state index contributed by atoms with van der Waals surface area (Å²) in [4.78, 5) is 4.61. The van der Waals surface area contributed by atoms with Gasteiger partial charge in [0, 0.05) is 51.5 Å². The minimum atomic E-state index is -0.715. The number of ether oxygens (including phenoxy) is 1. The van der Waals surface area contributed by atoms with Crippen LogP contribution in [0.4, 0.5) is 0 Å².